The first kappa shape index (κ1) is 28.3. The van der Waals surface area contributed by atoms with E-state index < -0.39 is 29.1 Å². The summed E-state index contributed by atoms with van der Waals surface area (Å²) in [6.45, 7) is 8.19. The van der Waals surface area contributed by atoms with E-state index in [1.54, 1.807) is 13.8 Å². The van der Waals surface area contributed by atoms with Crippen molar-refractivity contribution in [3.8, 4) is 0 Å². The van der Waals surface area contributed by atoms with E-state index in [9.17, 15) is 22.8 Å². The fourth-order valence-corrected chi connectivity index (χ4v) is 6.40. The Morgan fingerprint density at radius 3 is 2.80 bits per heavy atom. The summed E-state index contributed by atoms with van der Waals surface area (Å²) in [5, 5.41) is 11.1. The lowest BCUT2D eigenvalue weighted by Gasteiger charge is -2.42. The van der Waals surface area contributed by atoms with Crippen molar-refractivity contribution in [3.63, 3.8) is 0 Å². The number of carbonyl (C=O) groups excluding carboxylic acids is 2. The Kier molecular flexibility index (Phi) is 7.52. The van der Waals surface area contributed by atoms with Gasteiger partial charge in [0, 0.05) is 30.2 Å². The van der Waals surface area contributed by atoms with Crippen LogP contribution in [0.2, 0.25) is 0 Å². The lowest BCUT2D eigenvalue weighted by molar-refractivity contribution is -0.243. The smallest absolute Gasteiger partial charge is 0.378 e. The molecule has 0 bridgehead atoms. The molecule has 10 nitrogen and oxygen atoms in total. The van der Waals surface area contributed by atoms with Gasteiger partial charge in [-0.3, -0.25) is 9.69 Å². The average molecular weight is 582 g/mol. The van der Waals surface area contributed by atoms with Crippen LogP contribution in [-0.2, 0) is 25.6 Å². The molecule has 1 aromatic carbocycles. The van der Waals surface area contributed by atoms with Gasteiger partial charge in [-0.2, -0.15) is 18.2 Å². The molecule has 4 heterocycles. The van der Waals surface area contributed by atoms with Gasteiger partial charge in [-0.05, 0) is 51.8 Å². The highest BCUT2D eigenvalue weighted by Crippen LogP contribution is 2.46. The number of thioether (sulfide) groups is 1. The monoisotopic (exact) mass is 581 g/mol. The van der Waals surface area contributed by atoms with E-state index in [1.165, 1.54) is 0 Å². The molecular weight excluding hydrogens is 551 g/mol. The van der Waals surface area contributed by atoms with Crippen LogP contribution in [0.15, 0.2) is 39.4 Å². The maximum absolute atomic E-state index is 13.3. The molecule has 3 aliphatic rings. The standard InChI is InChI=1S/C26H30F3N5O5S/c1-14-20(15(2)38-32-14)30-17-7-5-6-16(10-17)11-18-13-37-9-8-33(18)24-34(39-23(36)26(27,28)29)19-12-25(3,4)31-22(35)21(19)40-24/h5-7,10,18,24,30H,8-9,11-13H2,1-4H3,(H,31,35). The van der Waals surface area contributed by atoms with Crippen molar-refractivity contribution in [2.24, 2.45) is 0 Å². The summed E-state index contributed by atoms with van der Waals surface area (Å²) < 4.78 is 50.8. The lowest BCUT2D eigenvalue weighted by Crippen LogP contribution is -2.56. The number of hydroxylamine groups is 2. The third-order valence-electron chi connectivity index (χ3n) is 6.89. The molecule has 40 heavy (non-hydrogen) atoms. The Morgan fingerprint density at radius 1 is 1.32 bits per heavy atom. The van der Waals surface area contributed by atoms with Crippen LogP contribution in [0.1, 0.15) is 37.3 Å². The number of rotatable bonds is 6. The molecule has 5 rings (SSSR count). The first-order valence-corrected chi connectivity index (χ1v) is 13.6. The molecule has 1 fully saturated rings. The number of alkyl halides is 3. The van der Waals surface area contributed by atoms with Crippen molar-refractivity contribution in [1.82, 2.24) is 20.4 Å². The summed E-state index contributed by atoms with van der Waals surface area (Å²) in [6.07, 6.45) is -4.49. The van der Waals surface area contributed by atoms with Crippen LogP contribution in [-0.4, -0.2) is 70.0 Å². The topological polar surface area (TPSA) is 109 Å². The molecule has 2 N–H and O–H groups in total. The zero-order chi connectivity index (χ0) is 28.8. The highest BCUT2D eigenvalue weighted by molar-refractivity contribution is 8.04. The Balaban J connectivity index is 1.40. The zero-order valence-electron chi connectivity index (χ0n) is 22.4. The van der Waals surface area contributed by atoms with Gasteiger partial charge in [0.05, 0.1) is 23.8 Å². The summed E-state index contributed by atoms with van der Waals surface area (Å²) in [6, 6.07) is 7.46. The first-order valence-electron chi connectivity index (χ1n) is 12.8. The van der Waals surface area contributed by atoms with Crippen LogP contribution in [0, 0.1) is 13.8 Å². The number of amides is 1. The number of benzene rings is 1. The summed E-state index contributed by atoms with van der Waals surface area (Å²) in [4.78, 5) is 32.0. The molecule has 14 heteroatoms. The summed E-state index contributed by atoms with van der Waals surface area (Å²) >= 11 is 1.08. The predicted octanol–water partition coefficient (Wildman–Crippen LogP) is 4.14. The number of hydrogen-bond acceptors (Lipinski definition) is 10. The molecule has 2 unspecified atom stereocenters. The van der Waals surface area contributed by atoms with E-state index in [4.69, 9.17) is 14.1 Å². The third-order valence-corrected chi connectivity index (χ3v) is 8.22. The third kappa shape index (κ3) is 5.79. The number of morpholine rings is 1. The van der Waals surface area contributed by atoms with Crippen molar-refractivity contribution in [1.29, 1.82) is 0 Å². The number of aryl methyl sites for hydroxylation is 2. The van der Waals surface area contributed by atoms with Gasteiger partial charge in [0.1, 0.15) is 11.4 Å². The van der Waals surface area contributed by atoms with Crippen molar-refractivity contribution < 1.29 is 36.9 Å². The van der Waals surface area contributed by atoms with Crippen LogP contribution in [0.3, 0.4) is 0 Å². The molecule has 2 aromatic rings. The van der Waals surface area contributed by atoms with E-state index in [2.05, 4.69) is 15.8 Å². The number of nitrogens with one attached hydrogen (secondary N) is 2. The molecule has 2 atom stereocenters. The minimum atomic E-state index is -5.19. The van der Waals surface area contributed by atoms with E-state index in [-0.39, 0.29) is 23.1 Å². The molecule has 216 valence electrons. The van der Waals surface area contributed by atoms with E-state index in [0.29, 0.717) is 31.9 Å². The minimum Gasteiger partial charge on any atom is -0.378 e. The maximum atomic E-state index is 13.3. The van der Waals surface area contributed by atoms with Crippen LogP contribution < -0.4 is 10.6 Å². The number of ether oxygens (including phenoxy) is 1. The molecule has 1 saturated heterocycles. The summed E-state index contributed by atoms with van der Waals surface area (Å²) in [5.74, 6) is -2.08. The van der Waals surface area contributed by atoms with Gasteiger partial charge in [0.2, 0.25) is 0 Å². The number of halogens is 3. The van der Waals surface area contributed by atoms with Crippen LogP contribution in [0.5, 0.6) is 0 Å². The highest BCUT2D eigenvalue weighted by Gasteiger charge is 2.51. The second-order valence-corrected chi connectivity index (χ2v) is 11.7. The number of nitrogens with zero attached hydrogens (tertiary/aromatic N) is 3. The van der Waals surface area contributed by atoms with E-state index >= 15 is 0 Å². The Bertz CT molecular complexity index is 1320. The second-order valence-electron chi connectivity index (χ2n) is 10.6. The van der Waals surface area contributed by atoms with Crippen molar-refractivity contribution >= 4 is 35.0 Å². The van der Waals surface area contributed by atoms with Crippen molar-refractivity contribution in [3.05, 3.63) is 51.9 Å². The summed E-state index contributed by atoms with van der Waals surface area (Å²) in [7, 11) is 0. The number of carbonyl (C=O) groups is 2. The Labute approximate surface area is 233 Å². The SMILES string of the molecule is Cc1noc(C)c1Nc1cccc(CC2COCCN2C2SC3=C(CC(C)(C)NC3=O)N2OC(=O)C(F)(F)F)c1. The Hall–Kier alpha value is -3.23. The second kappa shape index (κ2) is 10.6. The first-order chi connectivity index (χ1) is 18.8. The molecule has 0 radical (unpaired) electrons. The largest absolute Gasteiger partial charge is 0.493 e. The molecular formula is C26H30F3N5O5S. The molecule has 0 spiro atoms. The number of aromatic nitrogens is 1. The fraction of sp³-hybridized carbons (Fsp3) is 0.500. The highest BCUT2D eigenvalue weighted by atomic mass is 32.2. The van der Waals surface area contributed by atoms with Crippen LogP contribution in [0.4, 0.5) is 24.5 Å². The molecule has 0 aliphatic carbocycles. The van der Waals surface area contributed by atoms with Gasteiger partial charge < -0.3 is 24.7 Å². The lowest BCUT2D eigenvalue weighted by atomic mass is 9.94. The molecule has 1 aromatic heterocycles. The number of hydrogen-bond donors (Lipinski definition) is 2. The zero-order valence-corrected chi connectivity index (χ0v) is 23.2. The molecule has 3 aliphatic heterocycles. The maximum Gasteiger partial charge on any atom is 0.493 e. The van der Waals surface area contributed by atoms with Gasteiger partial charge in [-0.1, -0.05) is 29.1 Å². The van der Waals surface area contributed by atoms with Gasteiger partial charge in [-0.25, -0.2) is 4.79 Å². The molecule has 0 saturated carbocycles. The molecule has 1 amide bonds. The fourth-order valence-electron chi connectivity index (χ4n) is 5.06. The van der Waals surface area contributed by atoms with Crippen LogP contribution >= 0.6 is 11.8 Å². The van der Waals surface area contributed by atoms with Crippen molar-refractivity contribution in [2.75, 3.05) is 25.1 Å². The van der Waals surface area contributed by atoms with Crippen molar-refractivity contribution in [2.45, 2.75) is 63.8 Å². The Morgan fingerprint density at radius 2 is 2.10 bits per heavy atom. The normalized spacial score (nSPS) is 23.2. The van der Waals surface area contributed by atoms with E-state index in [0.717, 1.165) is 39.5 Å². The predicted molar refractivity (Wildman–Crippen MR) is 140 cm³/mol. The van der Waals surface area contributed by atoms with Gasteiger partial charge in [0.15, 0.2) is 11.3 Å². The van der Waals surface area contributed by atoms with E-state index in [1.807, 2.05) is 43.0 Å². The van der Waals surface area contributed by atoms with Gasteiger partial charge in [0.25, 0.3) is 5.91 Å². The minimum absolute atomic E-state index is 0.202. The average Bonchev–Trinajstić information content (AvgIpc) is 3.38. The van der Waals surface area contributed by atoms with Gasteiger partial charge in [-0.15, -0.1) is 0 Å². The summed E-state index contributed by atoms with van der Waals surface area (Å²) in [5.41, 5.74) is 1.95. The van der Waals surface area contributed by atoms with Crippen LogP contribution in [0.25, 0.3) is 0 Å². The quantitative estimate of drug-likeness (QED) is 0.517. The van der Waals surface area contributed by atoms with Gasteiger partial charge >= 0.3 is 12.1 Å². The number of anilines is 2.